The van der Waals surface area contributed by atoms with Crippen LogP contribution in [0.2, 0.25) is 0 Å². The molecule has 0 saturated carbocycles. The van der Waals surface area contributed by atoms with Gasteiger partial charge >= 0.3 is 0 Å². The Hall–Kier alpha value is -1.68. The lowest BCUT2D eigenvalue weighted by atomic mass is 10.1. The van der Waals surface area contributed by atoms with Gasteiger partial charge in [-0.2, -0.15) is 5.10 Å². The predicted molar refractivity (Wildman–Crippen MR) is 70.7 cm³/mol. The molecular formula is C14H17FN2O. The zero-order valence-corrected chi connectivity index (χ0v) is 10.7. The molecule has 0 aliphatic carbocycles. The summed E-state index contributed by atoms with van der Waals surface area (Å²) in [6.07, 6.45) is 3.75. The van der Waals surface area contributed by atoms with E-state index in [1.54, 1.807) is 30.8 Å². The quantitative estimate of drug-likeness (QED) is 0.903. The highest BCUT2D eigenvalue weighted by Gasteiger charge is 2.14. The number of fused-ring (bicyclic) bond motifs is 1. The van der Waals surface area contributed by atoms with Crippen LogP contribution in [-0.4, -0.2) is 20.5 Å². The van der Waals surface area contributed by atoms with Gasteiger partial charge in [-0.05, 0) is 26.3 Å². The Morgan fingerprint density at radius 2 is 2.22 bits per heavy atom. The summed E-state index contributed by atoms with van der Waals surface area (Å²) in [5.74, 6) is -0.303. The Morgan fingerprint density at radius 3 is 2.83 bits per heavy atom. The van der Waals surface area contributed by atoms with Crippen LogP contribution in [0.4, 0.5) is 4.39 Å². The molecule has 0 atom stereocenters. The second kappa shape index (κ2) is 4.53. The maximum atomic E-state index is 13.7. The van der Waals surface area contributed by atoms with E-state index in [-0.39, 0.29) is 5.82 Å². The second-order valence-corrected chi connectivity index (χ2v) is 5.07. The van der Waals surface area contributed by atoms with Crippen molar-refractivity contribution in [2.24, 2.45) is 0 Å². The Labute approximate surface area is 106 Å². The number of nitrogens with zero attached hydrogens (tertiary/aromatic N) is 2. The number of aliphatic hydroxyl groups is 1. The van der Waals surface area contributed by atoms with Crippen LogP contribution in [0.3, 0.4) is 0 Å². The summed E-state index contributed by atoms with van der Waals surface area (Å²) in [4.78, 5) is 0. The molecule has 0 radical (unpaired) electrons. The first kappa shape index (κ1) is 12.8. The van der Waals surface area contributed by atoms with Crippen LogP contribution in [0.15, 0.2) is 24.9 Å². The molecule has 0 aliphatic heterocycles. The Kier molecular flexibility index (Phi) is 3.22. The van der Waals surface area contributed by atoms with E-state index in [4.69, 9.17) is 0 Å². The fraction of sp³-hybridized carbons (Fsp3) is 0.357. The fourth-order valence-corrected chi connectivity index (χ4v) is 1.83. The number of hydrogen-bond donors (Lipinski definition) is 1. The third-order valence-electron chi connectivity index (χ3n) is 2.92. The lowest BCUT2D eigenvalue weighted by molar-refractivity contribution is 0.0655. The average Bonchev–Trinajstić information content (AvgIpc) is 2.66. The van der Waals surface area contributed by atoms with Crippen LogP contribution < -0.4 is 0 Å². The lowest BCUT2D eigenvalue weighted by Gasteiger charge is -2.16. The zero-order chi connectivity index (χ0) is 13.3. The Morgan fingerprint density at radius 1 is 1.50 bits per heavy atom. The molecule has 1 heterocycles. The summed E-state index contributed by atoms with van der Waals surface area (Å²) in [5.41, 5.74) is 0.463. The van der Waals surface area contributed by atoms with Gasteiger partial charge in [0, 0.05) is 23.6 Å². The highest BCUT2D eigenvalue weighted by molar-refractivity contribution is 5.81. The molecule has 4 heteroatoms. The van der Waals surface area contributed by atoms with Crippen LogP contribution in [0.5, 0.6) is 0 Å². The van der Waals surface area contributed by atoms with Crippen LogP contribution >= 0.6 is 0 Å². The first-order valence-electron chi connectivity index (χ1n) is 5.90. The zero-order valence-electron chi connectivity index (χ0n) is 10.7. The third-order valence-corrected chi connectivity index (χ3v) is 2.92. The van der Waals surface area contributed by atoms with Crippen molar-refractivity contribution in [2.75, 3.05) is 0 Å². The van der Waals surface area contributed by atoms with Gasteiger partial charge < -0.3 is 5.11 Å². The Bertz CT molecular complexity index is 581. The van der Waals surface area contributed by atoms with Crippen molar-refractivity contribution in [3.8, 4) is 0 Å². The topological polar surface area (TPSA) is 38.0 Å². The molecule has 3 nitrogen and oxygen atoms in total. The molecule has 2 rings (SSSR count). The molecule has 1 N–H and O–H groups in total. The fourth-order valence-electron chi connectivity index (χ4n) is 1.83. The van der Waals surface area contributed by atoms with Crippen LogP contribution in [0, 0.1) is 5.82 Å². The first-order valence-corrected chi connectivity index (χ1v) is 5.90. The molecule has 1 aromatic heterocycles. The molecule has 0 aliphatic rings. The standard InChI is InChI=1S/C14H17FN2O/c1-4-10-7-11-9-16-17(6-5-14(2,3)18)13(11)8-12(10)15/h4,7-9,18H,1,5-6H2,2-3H3. The molecule has 0 spiro atoms. The summed E-state index contributed by atoms with van der Waals surface area (Å²) in [6, 6.07) is 3.19. The number of rotatable bonds is 4. The average molecular weight is 248 g/mol. The number of aryl methyl sites for hydroxylation is 1. The maximum absolute atomic E-state index is 13.7. The van der Waals surface area contributed by atoms with E-state index in [0.29, 0.717) is 18.5 Å². The van der Waals surface area contributed by atoms with Crippen LogP contribution in [0.1, 0.15) is 25.8 Å². The summed E-state index contributed by atoms with van der Waals surface area (Å²) < 4.78 is 15.4. The van der Waals surface area contributed by atoms with Crippen molar-refractivity contribution in [1.29, 1.82) is 0 Å². The minimum atomic E-state index is -0.752. The van der Waals surface area contributed by atoms with Crippen molar-refractivity contribution in [2.45, 2.75) is 32.4 Å². The SMILES string of the molecule is C=Cc1cc2cnn(CCC(C)(C)O)c2cc1F. The number of halogens is 1. The highest BCUT2D eigenvalue weighted by Crippen LogP contribution is 2.21. The minimum absolute atomic E-state index is 0.303. The third kappa shape index (κ3) is 2.59. The van der Waals surface area contributed by atoms with Gasteiger partial charge in [-0.1, -0.05) is 12.7 Å². The summed E-state index contributed by atoms with van der Waals surface area (Å²) in [6.45, 7) is 7.62. The van der Waals surface area contributed by atoms with Crippen molar-refractivity contribution in [3.05, 3.63) is 36.3 Å². The highest BCUT2D eigenvalue weighted by atomic mass is 19.1. The normalized spacial score (nSPS) is 12.0. The molecule has 0 bridgehead atoms. The molecule has 1 aromatic carbocycles. The van der Waals surface area contributed by atoms with Gasteiger partial charge in [0.2, 0.25) is 0 Å². The smallest absolute Gasteiger partial charge is 0.132 e. The van der Waals surface area contributed by atoms with E-state index >= 15 is 0 Å². The molecule has 0 amide bonds. The van der Waals surface area contributed by atoms with E-state index in [1.807, 2.05) is 0 Å². The summed E-state index contributed by atoms with van der Waals surface area (Å²) in [7, 11) is 0. The van der Waals surface area contributed by atoms with Gasteiger partial charge in [0.1, 0.15) is 5.82 Å². The summed E-state index contributed by atoms with van der Waals surface area (Å²) >= 11 is 0. The number of aromatic nitrogens is 2. The second-order valence-electron chi connectivity index (χ2n) is 5.07. The predicted octanol–water partition coefficient (Wildman–Crippen LogP) is 2.98. The number of benzene rings is 1. The van der Waals surface area contributed by atoms with E-state index in [2.05, 4.69) is 11.7 Å². The van der Waals surface area contributed by atoms with E-state index in [0.717, 1.165) is 10.9 Å². The Balaban J connectivity index is 2.36. The van der Waals surface area contributed by atoms with Crippen LogP contribution in [0.25, 0.3) is 17.0 Å². The minimum Gasteiger partial charge on any atom is -0.390 e. The van der Waals surface area contributed by atoms with Crippen molar-refractivity contribution in [3.63, 3.8) is 0 Å². The van der Waals surface area contributed by atoms with E-state index in [9.17, 15) is 9.50 Å². The van der Waals surface area contributed by atoms with Gasteiger partial charge in [0.05, 0.1) is 17.3 Å². The molecule has 0 saturated heterocycles. The molecule has 18 heavy (non-hydrogen) atoms. The van der Waals surface area contributed by atoms with E-state index in [1.165, 1.54) is 12.1 Å². The summed E-state index contributed by atoms with van der Waals surface area (Å²) in [5, 5.41) is 14.8. The van der Waals surface area contributed by atoms with Crippen molar-refractivity contribution in [1.82, 2.24) is 9.78 Å². The molecule has 2 aromatic rings. The van der Waals surface area contributed by atoms with Gasteiger partial charge in [0.15, 0.2) is 0 Å². The van der Waals surface area contributed by atoms with E-state index < -0.39 is 5.60 Å². The monoisotopic (exact) mass is 248 g/mol. The van der Waals surface area contributed by atoms with Crippen molar-refractivity contribution >= 4 is 17.0 Å². The molecule has 96 valence electrons. The van der Waals surface area contributed by atoms with Crippen molar-refractivity contribution < 1.29 is 9.50 Å². The maximum Gasteiger partial charge on any atom is 0.132 e. The van der Waals surface area contributed by atoms with Gasteiger partial charge in [0.25, 0.3) is 0 Å². The molecule has 0 fully saturated rings. The van der Waals surface area contributed by atoms with Crippen LogP contribution in [-0.2, 0) is 6.54 Å². The van der Waals surface area contributed by atoms with Gasteiger partial charge in [-0.15, -0.1) is 0 Å². The first-order chi connectivity index (χ1) is 8.40. The van der Waals surface area contributed by atoms with Gasteiger partial charge in [-0.25, -0.2) is 4.39 Å². The largest absolute Gasteiger partial charge is 0.390 e. The van der Waals surface area contributed by atoms with Gasteiger partial charge in [-0.3, -0.25) is 4.68 Å². The molecule has 0 unspecified atom stereocenters. The lowest BCUT2D eigenvalue weighted by Crippen LogP contribution is -2.21. The number of hydrogen-bond acceptors (Lipinski definition) is 2. The molecular weight excluding hydrogens is 231 g/mol.